The summed E-state index contributed by atoms with van der Waals surface area (Å²) in [6.45, 7) is 2.21. The number of rotatable bonds is 5. The minimum Gasteiger partial charge on any atom is -0.423 e. The highest BCUT2D eigenvalue weighted by Gasteiger charge is 2.21. The highest BCUT2D eigenvalue weighted by atomic mass is 16.5. The van der Waals surface area contributed by atoms with Crippen molar-refractivity contribution in [2.24, 2.45) is 0 Å². The van der Waals surface area contributed by atoms with Gasteiger partial charge in [-0.05, 0) is 83.5 Å². The van der Waals surface area contributed by atoms with Crippen LogP contribution in [0.3, 0.4) is 0 Å². The summed E-state index contributed by atoms with van der Waals surface area (Å²) < 4.78 is 5.45. The Morgan fingerprint density at radius 2 is 1.71 bits per heavy atom. The molecule has 28 heavy (non-hydrogen) atoms. The van der Waals surface area contributed by atoms with Crippen molar-refractivity contribution in [3.8, 4) is 22.9 Å². The Labute approximate surface area is 165 Å². The average molecular weight is 367 g/mol. The van der Waals surface area contributed by atoms with E-state index in [1.165, 1.54) is 35.1 Å². The van der Waals surface area contributed by atoms with Crippen molar-refractivity contribution < 1.29 is 9.53 Å². The lowest BCUT2D eigenvalue weighted by molar-refractivity contribution is 0.0734. The van der Waals surface area contributed by atoms with E-state index in [0.29, 0.717) is 16.9 Å². The zero-order valence-corrected chi connectivity index (χ0v) is 15.9. The van der Waals surface area contributed by atoms with Crippen LogP contribution in [0.2, 0.25) is 0 Å². The van der Waals surface area contributed by atoms with Crippen LogP contribution in [-0.4, -0.2) is 5.97 Å². The maximum absolute atomic E-state index is 12.5. The van der Waals surface area contributed by atoms with Crippen LogP contribution in [0, 0.1) is 11.3 Å². The van der Waals surface area contributed by atoms with Gasteiger partial charge in [-0.2, -0.15) is 5.26 Å². The number of hydrogen-bond acceptors (Lipinski definition) is 3. The fourth-order valence-electron chi connectivity index (χ4n) is 3.69. The first kappa shape index (κ1) is 18.0. The molecule has 1 aliphatic rings. The van der Waals surface area contributed by atoms with Crippen molar-refractivity contribution in [2.45, 2.75) is 32.6 Å². The van der Waals surface area contributed by atoms with Gasteiger partial charge in [-0.3, -0.25) is 0 Å². The predicted molar refractivity (Wildman–Crippen MR) is 109 cm³/mol. The summed E-state index contributed by atoms with van der Waals surface area (Å²) in [6, 6.07) is 21.1. The first-order valence-electron chi connectivity index (χ1n) is 9.65. The van der Waals surface area contributed by atoms with Crippen molar-refractivity contribution in [3.63, 3.8) is 0 Å². The van der Waals surface area contributed by atoms with Crippen LogP contribution in [0.25, 0.3) is 11.1 Å². The number of carbonyl (C=O) groups excluding carboxylic acids is 1. The Hall–Kier alpha value is -3.38. The van der Waals surface area contributed by atoms with E-state index in [1.807, 2.05) is 18.2 Å². The largest absolute Gasteiger partial charge is 0.423 e. The number of fused-ring (bicyclic) bond motifs is 3. The van der Waals surface area contributed by atoms with Crippen LogP contribution in [-0.2, 0) is 12.8 Å². The fourth-order valence-corrected chi connectivity index (χ4v) is 3.69. The Bertz CT molecular complexity index is 1070. The van der Waals surface area contributed by atoms with Gasteiger partial charge in [-0.15, -0.1) is 0 Å². The van der Waals surface area contributed by atoms with Crippen LogP contribution in [0.1, 0.15) is 52.4 Å². The average Bonchev–Trinajstić information content (AvgIpc) is 3.09. The van der Waals surface area contributed by atoms with Gasteiger partial charge in [0.05, 0.1) is 17.2 Å². The first-order valence-corrected chi connectivity index (χ1v) is 9.65. The molecule has 3 aromatic rings. The molecule has 0 aliphatic heterocycles. The van der Waals surface area contributed by atoms with Gasteiger partial charge >= 0.3 is 5.97 Å². The van der Waals surface area contributed by atoms with Crippen molar-refractivity contribution in [3.05, 3.63) is 88.5 Å². The van der Waals surface area contributed by atoms with E-state index in [0.717, 1.165) is 18.4 Å². The molecule has 0 bridgehead atoms. The number of esters is 1. The van der Waals surface area contributed by atoms with E-state index in [2.05, 4.69) is 31.2 Å². The molecule has 0 aromatic heterocycles. The summed E-state index contributed by atoms with van der Waals surface area (Å²) in [6.07, 6.45) is 4.37. The molecule has 3 heteroatoms. The van der Waals surface area contributed by atoms with E-state index in [-0.39, 0.29) is 5.97 Å². The smallest absolute Gasteiger partial charge is 0.343 e. The van der Waals surface area contributed by atoms with Crippen LogP contribution >= 0.6 is 0 Å². The van der Waals surface area contributed by atoms with Crippen LogP contribution in [0.5, 0.6) is 5.75 Å². The topological polar surface area (TPSA) is 50.1 Å². The van der Waals surface area contributed by atoms with E-state index in [1.54, 1.807) is 24.3 Å². The number of carbonyl (C=O) groups is 1. The second-order valence-electron chi connectivity index (χ2n) is 7.17. The normalized spacial score (nSPS) is 11.4. The predicted octanol–water partition coefficient (Wildman–Crippen LogP) is 5.69. The third kappa shape index (κ3) is 3.54. The summed E-state index contributed by atoms with van der Waals surface area (Å²) in [7, 11) is 0. The molecule has 138 valence electrons. The lowest BCUT2D eigenvalue weighted by atomic mass is 10.0. The number of unbranched alkanes of at least 4 members (excludes halogenated alkanes) is 1. The molecule has 0 N–H and O–H groups in total. The van der Waals surface area contributed by atoms with E-state index < -0.39 is 0 Å². The molecule has 0 spiro atoms. The van der Waals surface area contributed by atoms with Gasteiger partial charge in [0.2, 0.25) is 0 Å². The molecule has 0 saturated carbocycles. The minimum atomic E-state index is -0.382. The molecule has 0 radical (unpaired) electrons. The molecule has 0 amide bonds. The molecular weight excluding hydrogens is 346 g/mol. The number of hydrogen-bond donors (Lipinski definition) is 0. The zero-order valence-electron chi connectivity index (χ0n) is 15.9. The van der Waals surface area contributed by atoms with Crippen LogP contribution in [0.4, 0.5) is 0 Å². The Balaban J connectivity index is 1.52. The Morgan fingerprint density at radius 3 is 2.43 bits per heavy atom. The monoisotopic (exact) mass is 367 g/mol. The molecule has 0 atom stereocenters. The number of benzene rings is 3. The van der Waals surface area contributed by atoms with Gasteiger partial charge in [0, 0.05) is 0 Å². The third-order valence-electron chi connectivity index (χ3n) is 5.19. The molecule has 0 fully saturated rings. The van der Waals surface area contributed by atoms with Crippen LogP contribution in [0.15, 0.2) is 60.7 Å². The summed E-state index contributed by atoms with van der Waals surface area (Å²) >= 11 is 0. The van der Waals surface area contributed by atoms with Gasteiger partial charge in [0.25, 0.3) is 0 Å². The van der Waals surface area contributed by atoms with Crippen molar-refractivity contribution in [1.82, 2.24) is 0 Å². The van der Waals surface area contributed by atoms with E-state index in [4.69, 9.17) is 10.00 Å². The van der Waals surface area contributed by atoms with E-state index >= 15 is 0 Å². The SMILES string of the molecule is CCCCc1ccc2c(c1)Cc1cc(C(=O)Oc3ccc(C#N)cc3)ccc1-2. The standard InChI is InChI=1S/C25H21NO2/c1-2-3-4-17-7-11-23-20(13-17)15-21-14-19(8-12-24(21)23)25(27)28-22-9-5-18(16-26)6-10-22/h5-14H,2-4,15H2,1H3. The second kappa shape index (κ2) is 7.70. The second-order valence-corrected chi connectivity index (χ2v) is 7.17. The first-order chi connectivity index (χ1) is 13.7. The summed E-state index contributed by atoms with van der Waals surface area (Å²) in [5, 5.41) is 8.85. The molecule has 4 rings (SSSR count). The van der Waals surface area contributed by atoms with E-state index in [9.17, 15) is 4.79 Å². The molecular formula is C25H21NO2. The maximum atomic E-state index is 12.5. The van der Waals surface area contributed by atoms with Crippen molar-refractivity contribution in [2.75, 3.05) is 0 Å². The molecule has 0 heterocycles. The molecule has 1 aliphatic carbocycles. The number of ether oxygens (including phenoxy) is 1. The third-order valence-corrected chi connectivity index (χ3v) is 5.19. The summed E-state index contributed by atoms with van der Waals surface area (Å²) in [5.74, 6) is 0.0560. The molecule has 3 aromatic carbocycles. The number of aryl methyl sites for hydroxylation is 1. The maximum Gasteiger partial charge on any atom is 0.343 e. The van der Waals surface area contributed by atoms with Crippen molar-refractivity contribution in [1.29, 1.82) is 5.26 Å². The van der Waals surface area contributed by atoms with Gasteiger partial charge in [-0.1, -0.05) is 37.6 Å². The molecule has 3 nitrogen and oxygen atoms in total. The van der Waals surface area contributed by atoms with Crippen molar-refractivity contribution >= 4 is 5.97 Å². The van der Waals surface area contributed by atoms with Gasteiger partial charge in [0.15, 0.2) is 0 Å². The van der Waals surface area contributed by atoms with Gasteiger partial charge in [0.1, 0.15) is 5.75 Å². The molecule has 0 saturated heterocycles. The van der Waals surface area contributed by atoms with Gasteiger partial charge < -0.3 is 4.74 Å². The van der Waals surface area contributed by atoms with Crippen LogP contribution < -0.4 is 4.74 Å². The zero-order chi connectivity index (χ0) is 19.5. The number of nitriles is 1. The fraction of sp³-hybridized carbons (Fsp3) is 0.200. The lowest BCUT2D eigenvalue weighted by Gasteiger charge is -2.07. The highest BCUT2D eigenvalue weighted by Crippen LogP contribution is 2.37. The summed E-state index contributed by atoms with van der Waals surface area (Å²) in [4.78, 5) is 12.5. The Kier molecular flexibility index (Phi) is 4.95. The molecule has 0 unspecified atom stereocenters. The minimum absolute atomic E-state index is 0.382. The summed E-state index contributed by atoms with van der Waals surface area (Å²) in [5.41, 5.74) is 7.43. The lowest BCUT2D eigenvalue weighted by Crippen LogP contribution is -2.08. The quantitative estimate of drug-likeness (QED) is 0.336. The number of nitrogens with zero attached hydrogens (tertiary/aromatic N) is 1. The van der Waals surface area contributed by atoms with Gasteiger partial charge in [-0.25, -0.2) is 4.79 Å². The highest BCUT2D eigenvalue weighted by molar-refractivity contribution is 5.93. The Morgan fingerprint density at radius 1 is 1.00 bits per heavy atom.